The summed E-state index contributed by atoms with van der Waals surface area (Å²) >= 11 is 8.14. The molecule has 3 aromatic rings. The van der Waals surface area contributed by atoms with E-state index in [1.54, 1.807) is 37.3 Å². The van der Waals surface area contributed by atoms with Crippen molar-refractivity contribution < 1.29 is 18.0 Å². The number of thioether (sulfide) groups is 1. The molecule has 2 aromatic carbocycles. The van der Waals surface area contributed by atoms with Crippen molar-refractivity contribution in [3.05, 3.63) is 58.6 Å². The van der Waals surface area contributed by atoms with E-state index in [-0.39, 0.29) is 20.9 Å². The lowest BCUT2D eigenvalue weighted by atomic mass is 10.1. The predicted molar refractivity (Wildman–Crippen MR) is 116 cm³/mol. The summed E-state index contributed by atoms with van der Waals surface area (Å²) in [5.74, 6) is -0.129. The molecule has 0 radical (unpaired) electrons. The van der Waals surface area contributed by atoms with E-state index in [0.29, 0.717) is 21.8 Å². The fraction of sp³-hybridized carbons (Fsp3) is 0.158. The van der Waals surface area contributed by atoms with E-state index in [2.05, 4.69) is 4.72 Å². The Balaban J connectivity index is 1.82. The van der Waals surface area contributed by atoms with Gasteiger partial charge in [0, 0.05) is 27.9 Å². The van der Waals surface area contributed by atoms with Crippen LogP contribution in [0.2, 0.25) is 5.02 Å². The van der Waals surface area contributed by atoms with Crippen molar-refractivity contribution in [2.75, 3.05) is 10.5 Å². The van der Waals surface area contributed by atoms with Crippen molar-refractivity contribution in [3.63, 3.8) is 0 Å². The number of halogens is 1. The Hall–Kier alpha value is -1.87. The Labute approximate surface area is 176 Å². The molecule has 0 aliphatic heterocycles. The molecule has 0 aliphatic rings. The number of sulfonamides is 1. The second-order valence-electron chi connectivity index (χ2n) is 6.04. The van der Waals surface area contributed by atoms with Gasteiger partial charge in [0.05, 0.1) is 5.75 Å². The van der Waals surface area contributed by atoms with Gasteiger partial charge in [-0.3, -0.25) is 14.3 Å². The highest BCUT2D eigenvalue weighted by molar-refractivity contribution is 8.14. The van der Waals surface area contributed by atoms with E-state index >= 15 is 0 Å². The number of hydrogen-bond donors (Lipinski definition) is 1. The van der Waals surface area contributed by atoms with Crippen LogP contribution in [0.3, 0.4) is 0 Å². The first kappa shape index (κ1) is 20.9. The minimum atomic E-state index is -3.78. The van der Waals surface area contributed by atoms with Crippen LogP contribution in [0.15, 0.2) is 46.7 Å². The van der Waals surface area contributed by atoms with Gasteiger partial charge in [-0.15, -0.1) is 11.3 Å². The molecule has 0 fully saturated rings. The molecule has 146 valence electrons. The third-order valence-corrected chi connectivity index (χ3v) is 8.29. The third-order valence-electron chi connectivity index (χ3n) is 3.96. The number of hydrogen-bond acceptors (Lipinski definition) is 6. The number of anilines is 1. The van der Waals surface area contributed by atoms with Gasteiger partial charge in [-0.1, -0.05) is 23.4 Å². The molecular formula is C19H16ClNO4S3. The van der Waals surface area contributed by atoms with Gasteiger partial charge in [0.25, 0.3) is 10.0 Å². The van der Waals surface area contributed by atoms with Crippen LogP contribution in [0.5, 0.6) is 0 Å². The zero-order valence-corrected chi connectivity index (χ0v) is 18.2. The molecule has 9 heteroatoms. The number of aryl methyl sites for hydroxylation is 1. The van der Waals surface area contributed by atoms with Crippen molar-refractivity contribution in [2.45, 2.75) is 18.1 Å². The van der Waals surface area contributed by atoms with E-state index in [1.807, 2.05) is 0 Å². The van der Waals surface area contributed by atoms with Crippen LogP contribution < -0.4 is 4.72 Å². The lowest BCUT2D eigenvalue weighted by molar-refractivity contribution is -0.109. The number of fused-ring (bicyclic) bond motifs is 1. The first-order chi connectivity index (χ1) is 13.2. The molecule has 0 spiro atoms. The van der Waals surface area contributed by atoms with E-state index in [0.717, 1.165) is 21.8 Å². The molecule has 0 unspecified atom stereocenters. The maximum Gasteiger partial charge on any atom is 0.271 e. The van der Waals surface area contributed by atoms with Crippen LogP contribution in [0.4, 0.5) is 5.69 Å². The van der Waals surface area contributed by atoms with Gasteiger partial charge in [-0.2, -0.15) is 0 Å². The van der Waals surface area contributed by atoms with Crippen molar-refractivity contribution >= 4 is 71.4 Å². The summed E-state index contributed by atoms with van der Waals surface area (Å²) in [7, 11) is -3.78. The number of carbonyl (C=O) groups is 2. The quantitative estimate of drug-likeness (QED) is 0.523. The average molecular weight is 454 g/mol. The Bertz CT molecular complexity index is 1170. The average Bonchev–Trinajstić information content (AvgIpc) is 2.97. The summed E-state index contributed by atoms with van der Waals surface area (Å²) in [6, 6.07) is 11.4. The fourth-order valence-corrected chi connectivity index (χ4v) is 6.08. The lowest BCUT2D eigenvalue weighted by Crippen LogP contribution is -2.12. The number of benzene rings is 2. The molecule has 1 aromatic heterocycles. The molecule has 1 heterocycles. The van der Waals surface area contributed by atoms with Crippen LogP contribution >= 0.6 is 34.7 Å². The largest absolute Gasteiger partial charge is 0.293 e. The number of Topliss-reactive ketones (excluding diaryl/α,β-unsaturated/α-hetero) is 1. The normalized spacial score (nSPS) is 11.5. The van der Waals surface area contributed by atoms with E-state index in [1.165, 1.54) is 30.4 Å². The van der Waals surface area contributed by atoms with Gasteiger partial charge in [-0.25, -0.2) is 8.42 Å². The van der Waals surface area contributed by atoms with Gasteiger partial charge in [0.15, 0.2) is 10.9 Å². The topological polar surface area (TPSA) is 80.3 Å². The summed E-state index contributed by atoms with van der Waals surface area (Å²) in [5.41, 5.74) is 1.41. The SMILES string of the molecule is CC(=O)SCC(=O)c1ccc(NS(=O)(=O)c2sc3ccc(Cl)cc3c2C)cc1. The Kier molecular flexibility index (Phi) is 6.14. The molecule has 0 aliphatic carbocycles. The van der Waals surface area contributed by atoms with Gasteiger partial charge < -0.3 is 0 Å². The molecule has 0 saturated heterocycles. The summed E-state index contributed by atoms with van der Waals surface area (Å²) in [4.78, 5) is 23.0. The van der Waals surface area contributed by atoms with Crippen LogP contribution in [0, 0.1) is 6.92 Å². The molecule has 0 bridgehead atoms. The van der Waals surface area contributed by atoms with Crippen molar-refractivity contribution in [1.82, 2.24) is 0 Å². The van der Waals surface area contributed by atoms with Crippen LogP contribution in [0.25, 0.3) is 10.1 Å². The molecule has 0 saturated carbocycles. The smallest absolute Gasteiger partial charge is 0.271 e. The van der Waals surface area contributed by atoms with Crippen molar-refractivity contribution in [1.29, 1.82) is 0 Å². The molecule has 3 rings (SSSR count). The standard InChI is InChI=1S/C19H16ClNO4S3/c1-11-16-9-14(20)5-8-18(16)27-19(11)28(24,25)21-15-6-3-13(4-7-15)17(23)10-26-12(2)22/h3-9,21H,10H2,1-2H3. The molecule has 0 atom stereocenters. The van der Waals surface area contributed by atoms with Gasteiger partial charge >= 0.3 is 0 Å². The summed E-state index contributed by atoms with van der Waals surface area (Å²) in [6.45, 7) is 3.15. The number of rotatable bonds is 6. The highest BCUT2D eigenvalue weighted by Crippen LogP contribution is 2.36. The molecule has 5 nitrogen and oxygen atoms in total. The van der Waals surface area contributed by atoms with E-state index in [9.17, 15) is 18.0 Å². The van der Waals surface area contributed by atoms with Gasteiger partial charge in [-0.05, 0) is 60.3 Å². The number of ketones is 1. The lowest BCUT2D eigenvalue weighted by Gasteiger charge is -2.08. The zero-order chi connectivity index (χ0) is 20.5. The van der Waals surface area contributed by atoms with Gasteiger partial charge in [0.2, 0.25) is 0 Å². The van der Waals surface area contributed by atoms with E-state index in [4.69, 9.17) is 11.6 Å². The molecule has 0 amide bonds. The number of nitrogens with one attached hydrogen (secondary N) is 1. The first-order valence-electron chi connectivity index (χ1n) is 8.15. The highest BCUT2D eigenvalue weighted by atomic mass is 35.5. The highest BCUT2D eigenvalue weighted by Gasteiger charge is 2.22. The Morgan fingerprint density at radius 2 is 1.82 bits per heavy atom. The number of carbonyl (C=O) groups excluding carboxylic acids is 2. The van der Waals surface area contributed by atoms with Crippen LogP contribution in [0.1, 0.15) is 22.8 Å². The summed E-state index contributed by atoms with van der Waals surface area (Å²) < 4.78 is 29.3. The molecule has 1 N–H and O–H groups in total. The minimum absolute atomic E-state index is 0.0595. The van der Waals surface area contributed by atoms with Crippen LogP contribution in [-0.2, 0) is 14.8 Å². The second-order valence-corrected chi connectivity index (χ2v) is 10.6. The summed E-state index contributed by atoms with van der Waals surface area (Å²) in [5, 5.41) is 1.23. The Morgan fingerprint density at radius 3 is 2.46 bits per heavy atom. The maximum absolute atomic E-state index is 12.8. The zero-order valence-electron chi connectivity index (χ0n) is 15.0. The predicted octanol–water partition coefficient (Wildman–Crippen LogP) is 5.13. The van der Waals surface area contributed by atoms with Crippen molar-refractivity contribution in [2.24, 2.45) is 0 Å². The first-order valence-corrected chi connectivity index (χ1v) is 11.8. The number of thiophene rings is 1. The monoisotopic (exact) mass is 453 g/mol. The second kappa shape index (κ2) is 8.24. The molecule has 28 heavy (non-hydrogen) atoms. The molecular weight excluding hydrogens is 438 g/mol. The third kappa shape index (κ3) is 4.57. The van der Waals surface area contributed by atoms with E-state index < -0.39 is 10.0 Å². The Morgan fingerprint density at radius 1 is 1.14 bits per heavy atom. The maximum atomic E-state index is 12.8. The van der Waals surface area contributed by atoms with Gasteiger partial charge in [0.1, 0.15) is 4.21 Å². The minimum Gasteiger partial charge on any atom is -0.293 e. The fourth-order valence-electron chi connectivity index (χ4n) is 2.60. The van der Waals surface area contributed by atoms with Crippen LogP contribution in [-0.4, -0.2) is 25.1 Å². The van der Waals surface area contributed by atoms with Crippen molar-refractivity contribution in [3.8, 4) is 0 Å². The summed E-state index contributed by atoms with van der Waals surface area (Å²) in [6.07, 6.45) is 0.